The van der Waals surface area contributed by atoms with Crippen molar-refractivity contribution in [3.8, 4) is 0 Å². The highest BCUT2D eigenvalue weighted by Crippen LogP contribution is 2.21. The zero-order chi connectivity index (χ0) is 19.7. The van der Waals surface area contributed by atoms with E-state index in [0.717, 1.165) is 27.9 Å². The van der Waals surface area contributed by atoms with Gasteiger partial charge in [0.2, 0.25) is 5.82 Å². The van der Waals surface area contributed by atoms with Crippen LogP contribution in [-0.4, -0.2) is 27.5 Å². The molecular formula is C23H22N4O. The second-order valence-corrected chi connectivity index (χ2v) is 7.00. The number of fused-ring (bicyclic) bond motifs is 1. The molecule has 0 aliphatic carbocycles. The van der Waals surface area contributed by atoms with E-state index in [-0.39, 0.29) is 5.91 Å². The summed E-state index contributed by atoms with van der Waals surface area (Å²) in [7, 11) is 1.75. The number of rotatable bonds is 4. The Morgan fingerprint density at radius 3 is 2.43 bits per heavy atom. The van der Waals surface area contributed by atoms with E-state index in [1.165, 1.54) is 0 Å². The molecule has 1 amide bonds. The van der Waals surface area contributed by atoms with Crippen molar-refractivity contribution in [2.24, 2.45) is 0 Å². The topological polar surface area (TPSA) is 51.0 Å². The summed E-state index contributed by atoms with van der Waals surface area (Å²) >= 11 is 0. The third kappa shape index (κ3) is 3.39. The van der Waals surface area contributed by atoms with Crippen LogP contribution in [-0.2, 0) is 6.54 Å². The molecule has 140 valence electrons. The first kappa shape index (κ1) is 17.9. The number of carbonyl (C=O) groups excluding carboxylic acids is 1. The number of nitrogens with zero attached hydrogens (tertiary/aromatic N) is 4. The Morgan fingerprint density at radius 1 is 0.964 bits per heavy atom. The lowest BCUT2D eigenvalue weighted by Gasteiger charge is -2.18. The van der Waals surface area contributed by atoms with Gasteiger partial charge in [-0.15, -0.1) is 0 Å². The summed E-state index contributed by atoms with van der Waals surface area (Å²) < 4.78 is 1.98. The standard InChI is InChI=1S/C23H22N4O/c1-16-13-17(2)24-21(14-16)26(3)23(28)22-25-19-11-7-8-12-20(19)27(22)15-18-9-5-4-6-10-18/h4-14H,15H2,1-3H3. The normalized spacial score (nSPS) is 11.0. The molecule has 2 aromatic heterocycles. The number of pyridine rings is 1. The highest BCUT2D eigenvalue weighted by Gasteiger charge is 2.23. The van der Waals surface area contributed by atoms with Gasteiger partial charge in [0.25, 0.3) is 5.91 Å². The first-order valence-electron chi connectivity index (χ1n) is 9.25. The lowest BCUT2D eigenvalue weighted by Crippen LogP contribution is -2.30. The molecule has 0 saturated carbocycles. The van der Waals surface area contributed by atoms with Gasteiger partial charge in [-0.25, -0.2) is 9.97 Å². The molecule has 0 aliphatic rings. The highest BCUT2D eigenvalue weighted by atomic mass is 16.2. The van der Waals surface area contributed by atoms with Gasteiger partial charge in [0.05, 0.1) is 11.0 Å². The first-order chi connectivity index (χ1) is 13.5. The van der Waals surface area contributed by atoms with Crippen LogP contribution in [0, 0.1) is 13.8 Å². The molecule has 5 nitrogen and oxygen atoms in total. The molecular weight excluding hydrogens is 348 g/mol. The van der Waals surface area contributed by atoms with Crippen LogP contribution in [0.25, 0.3) is 11.0 Å². The molecule has 0 N–H and O–H groups in total. The molecule has 4 rings (SSSR count). The minimum Gasteiger partial charge on any atom is -0.315 e. The number of hydrogen-bond donors (Lipinski definition) is 0. The number of benzene rings is 2. The molecule has 2 aromatic carbocycles. The Balaban J connectivity index is 1.79. The zero-order valence-electron chi connectivity index (χ0n) is 16.3. The molecule has 0 fully saturated rings. The maximum Gasteiger partial charge on any atom is 0.295 e. The van der Waals surface area contributed by atoms with Crippen LogP contribution in [0.15, 0.2) is 66.7 Å². The molecule has 28 heavy (non-hydrogen) atoms. The van der Waals surface area contributed by atoms with E-state index in [1.54, 1.807) is 11.9 Å². The Labute approximate surface area is 164 Å². The maximum atomic E-state index is 13.4. The fraction of sp³-hybridized carbons (Fsp3) is 0.174. The lowest BCUT2D eigenvalue weighted by atomic mass is 10.2. The van der Waals surface area contributed by atoms with Gasteiger partial charge in [0.15, 0.2) is 0 Å². The third-order valence-corrected chi connectivity index (χ3v) is 4.76. The van der Waals surface area contributed by atoms with Crippen molar-refractivity contribution in [1.29, 1.82) is 0 Å². The zero-order valence-corrected chi connectivity index (χ0v) is 16.3. The van der Waals surface area contributed by atoms with Gasteiger partial charge in [0, 0.05) is 19.3 Å². The summed E-state index contributed by atoms with van der Waals surface area (Å²) in [6, 6.07) is 21.8. The molecule has 0 bridgehead atoms. The number of aryl methyl sites for hydroxylation is 2. The molecule has 0 unspecified atom stereocenters. The van der Waals surface area contributed by atoms with Gasteiger partial charge in [-0.05, 0) is 49.2 Å². The van der Waals surface area contributed by atoms with Gasteiger partial charge in [0.1, 0.15) is 5.82 Å². The summed E-state index contributed by atoms with van der Waals surface area (Å²) in [5, 5.41) is 0. The first-order valence-corrected chi connectivity index (χ1v) is 9.25. The van der Waals surface area contributed by atoms with Crippen molar-refractivity contribution in [2.45, 2.75) is 20.4 Å². The number of imidazole rings is 1. The van der Waals surface area contributed by atoms with Crippen molar-refractivity contribution in [2.75, 3.05) is 11.9 Å². The van der Waals surface area contributed by atoms with Crippen LogP contribution in [0.4, 0.5) is 5.82 Å². The molecule has 0 atom stereocenters. The predicted molar refractivity (Wildman–Crippen MR) is 112 cm³/mol. The minimum atomic E-state index is -0.176. The number of hydrogen-bond acceptors (Lipinski definition) is 3. The van der Waals surface area contributed by atoms with Crippen molar-refractivity contribution in [3.63, 3.8) is 0 Å². The van der Waals surface area contributed by atoms with Crippen LogP contribution >= 0.6 is 0 Å². The quantitative estimate of drug-likeness (QED) is 0.536. The van der Waals surface area contributed by atoms with Gasteiger partial charge < -0.3 is 4.57 Å². The number of anilines is 1. The maximum absolute atomic E-state index is 13.4. The van der Waals surface area contributed by atoms with E-state index in [9.17, 15) is 4.79 Å². The van der Waals surface area contributed by atoms with Crippen LogP contribution in [0.3, 0.4) is 0 Å². The van der Waals surface area contributed by atoms with Gasteiger partial charge in [-0.3, -0.25) is 9.69 Å². The molecule has 4 aromatic rings. The molecule has 0 spiro atoms. The number of carbonyl (C=O) groups is 1. The molecule has 2 heterocycles. The second-order valence-electron chi connectivity index (χ2n) is 7.00. The van der Waals surface area contributed by atoms with Crippen LogP contribution in [0.1, 0.15) is 27.4 Å². The van der Waals surface area contributed by atoms with Gasteiger partial charge in [-0.2, -0.15) is 0 Å². The third-order valence-electron chi connectivity index (χ3n) is 4.76. The van der Waals surface area contributed by atoms with E-state index < -0.39 is 0 Å². The average molecular weight is 370 g/mol. The summed E-state index contributed by atoms with van der Waals surface area (Å²) in [5.41, 5.74) is 4.82. The van der Waals surface area contributed by atoms with Crippen molar-refractivity contribution < 1.29 is 4.79 Å². The van der Waals surface area contributed by atoms with Crippen LogP contribution in [0.5, 0.6) is 0 Å². The number of aromatic nitrogens is 3. The summed E-state index contributed by atoms with van der Waals surface area (Å²) in [4.78, 5) is 24.1. The van der Waals surface area contributed by atoms with E-state index in [2.05, 4.69) is 22.1 Å². The number of amides is 1. The monoisotopic (exact) mass is 370 g/mol. The van der Waals surface area contributed by atoms with Crippen molar-refractivity contribution in [3.05, 3.63) is 89.4 Å². The smallest absolute Gasteiger partial charge is 0.295 e. The minimum absolute atomic E-state index is 0.176. The van der Waals surface area contributed by atoms with E-state index in [4.69, 9.17) is 0 Å². The Kier molecular flexibility index (Phi) is 4.65. The Morgan fingerprint density at radius 2 is 1.68 bits per heavy atom. The summed E-state index contributed by atoms with van der Waals surface area (Å²) in [6.07, 6.45) is 0. The van der Waals surface area contributed by atoms with Gasteiger partial charge in [-0.1, -0.05) is 42.5 Å². The summed E-state index contributed by atoms with van der Waals surface area (Å²) in [6.45, 7) is 4.51. The largest absolute Gasteiger partial charge is 0.315 e. The summed E-state index contributed by atoms with van der Waals surface area (Å²) in [5.74, 6) is 0.860. The SMILES string of the molecule is Cc1cc(C)nc(N(C)C(=O)c2nc3ccccc3n2Cc2ccccc2)c1. The Bertz CT molecular complexity index is 1130. The second kappa shape index (κ2) is 7.27. The fourth-order valence-corrected chi connectivity index (χ4v) is 3.41. The lowest BCUT2D eigenvalue weighted by molar-refractivity contribution is 0.0979. The van der Waals surface area contributed by atoms with E-state index >= 15 is 0 Å². The van der Waals surface area contributed by atoms with Crippen molar-refractivity contribution >= 4 is 22.8 Å². The molecule has 0 radical (unpaired) electrons. The van der Waals surface area contributed by atoms with Crippen LogP contribution in [0.2, 0.25) is 0 Å². The highest BCUT2D eigenvalue weighted by molar-refractivity contribution is 6.04. The molecule has 0 aliphatic heterocycles. The van der Waals surface area contributed by atoms with E-state index in [1.807, 2.05) is 73.0 Å². The molecule has 5 heteroatoms. The van der Waals surface area contributed by atoms with Crippen molar-refractivity contribution in [1.82, 2.24) is 14.5 Å². The average Bonchev–Trinajstić information content (AvgIpc) is 3.05. The fourth-order valence-electron chi connectivity index (χ4n) is 3.41. The van der Waals surface area contributed by atoms with Gasteiger partial charge >= 0.3 is 0 Å². The predicted octanol–water partition coefficient (Wildman–Crippen LogP) is 4.37. The Hall–Kier alpha value is -3.47. The van der Waals surface area contributed by atoms with Crippen LogP contribution < -0.4 is 4.90 Å². The molecule has 0 saturated heterocycles. The van der Waals surface area contributed by atoms with E-state index in [0.29, 0.717) is 18.2 Å². The number of para-hydroxylation sites is 2.